The van der Waals surface area contributed by atoms with Crippen molar-refractivity contribution in [3.63, 3.8) is 0 Å². The number of rotatable bonds is 18. The highest BCUT2D eigenvalue weighted by molar-refractivity contribution is 7.84. The topological polar surface area (TPSA) is 66.8 Å². The Kier molecular flexibility index (Phi) is 13.9. The molecule has 3 aliphatic rings. The number of unbranched alkanes of at least 4 members (excludes halogenated alkanes) is 6. The summed E-state index contributed by atoms with van der Waals surface area (Å²) in [6.07, 6.45) is 5.95. The van der Waals surface area contributed by atoms with Gasteiger partial charge < -0.3 is 14.7 Å². The van der Waals surface area contributed by atoms with Crippen molar-refractivity contribution in [3.05, 3.63) is 29.3 Å². The predicted octanol–water partition coefficient (Wildman–Crippen LogP) is 8.83. The van der Waals surface area contributed by atoms with Crippen molar-refractivity contribution in [2.24, 2.45) is 23.2 Å². The van der Waals surface area contributed by atoms with Crippen LogP contribution in [0.25, 0.3) is 0 Å². The molecule has 1 N–H and O–H groups in total. The van der Waals surface area contributed by atoms with Crippen LogP contribution in [-0.2, 0) is 22.0 Å². The number of alkyl halides is 5. The summed E-state index contributed by atoms with van der Waals surface area (Å²) in [6, 6.07) is 6.24. The molecule has 0 heterocycles. The minimum absolute atomic E-state index is 0.0172. The third-order valence-electron chi connectivity index (χ3n) is 11.5. The number of halogens is 5. The Balaban J connectivity index is 1.23. The lowest BCUT2D eigenvalue weighted by molar-refractivity contribution is -0.284. The molecular weight excluding hydrogens is 649 g/mol. The minimum atomic E-state index is -5.55. The van der Waals surface area contributed by atoms with Crippen molar-refractivity contribution in [3.8, 4) is 5.75 Å². The molecule has 48 heavy (non-hydrogen) atoms. The van der Waals surface area contributed by atoms with Crippen molar-refractivity contribution in [1.29, 1.82) is 0 Å². The van der Waals surface area contributed by atoms with E-state index < -0.39 is 35.7 Å². The van der Waals surface area contributed by atoms with Gasteiger partial charge >= 0.3 is 18.1 Å². The first-order valence-electron chi connectivity index (χ1n) is 18.1. The number of aliphatic hydroxyl groups excluding tert-OH is 1. The number of esters is 1. The lowest BCUT2D eigenvalue weighted by Gasteiger charge is -2.53. The molecule has 7 unspecified atom stereocenters. The van der Waals surface area contributed by atoms with Crippen LogP contribution in [0, 0.1) is 23.2 Å². The van der Waals surface area contributed by atoms with E-state index in [0.29, 0.717) is 54.6 Å². The van der Waals surface area contributed by atoms with Gasteiger partial charge in [0.2, 0.25) is 0 Å². The number of fused-ring (bicyclic) bond motifs is 5. The van der Waals surface area contributed by atoms with Gasteiger partial charge in [-0.15, -0.1) is 0 Å². The molecule has 5 nitrogen and oxygen atoms in total. The van der Waals surface area contributed by atoms with Gasteiger partial charge in [-0.05, 0) is 118 Å². The van der Waals surface area contributed by atoms with E-state index in [9.17, 15) is 36.1 Å². The fraction of sp³-hybridized carbons (Fsp3) is 0.811. The van der Waals surface area contributed by atoms with Crippen molar-refractivity contribution in [1.82, 2.24) is 4.90 Å². The molecule has 0 spiro atoms. The van der Waals surface area contributed by atoms with Crippen LogP contribution in [-0.4, -0.2) is 70.5 Å². The molecule has 2 saturated carbocycles. The Hall–Kier alpha value is -1.59. The maximum Gasteiger partial charge on any atom is 0.453 e. The number of hydrogen-bond donors (Lipinski definition) is 1. The third kappa shape index (κ3) is 10.0. The molecule has 0 aliphatic heterocycles. The Labute approximate surface area is 286 Å². The summed E-state index contributed by atoms with van der Waals surface area (Å²) in [5.41, 5.74) is 2.68. The fourth-order valence-corrected chi connectivity index (χ4v) is 10.0. The number of nitrogens with zero attached hydrogens (tertiary/aromatic N) is 1. The van der Waals surface area contributed by atoms with Crippen molar-refractivity contribution < 1.29 is 40.8 Å². The Morgan fingerprint density at radius 2 is 1.65 bits per heavy atom. The lowest BCUT2D eigenvalue weighted by atomic mass is 9.52. The molecule has 11 heteroatoms. The summed E-state index contributed by atoms with van der Waals surface area (Å²) in [6.45, 7) is 2.95. The average molecular weight is 706 g/mol. The van der Waals surface area contributed by atoms with Gasteiger partial charge in [-0.2, -0.15) is 22.0 Å². The van der Waals surface area contributed by atoms with Crippen LogP contribution in [0.5, 0.6) is 5.75 Å². The monoisotopic (exact) mass is 705 g/mol. The van der Waals surface area contributed by atoms with Crippen LogP contribution in [0.4, 0.5) is 22.0 Å². The fourth-order valence-electron chi connectivity index (χ4n) is 8.83. The number of ether oxygens (including phenoxy) is 1. The molecule has 274 valence electrons. The molecule has 1 aromatic carbocycles. The SMILES string of the molecule is CN(C)CCC(=O)Oc1ccc2c(c1)CC(CCCCCCCCCS(=O)CCCC(F)(F)C(F)(F)F)C1C2CCC2(C)C(O)CCC12. The van der Waals surface area contributed by atoms with Crippen LogP contribution >= 0.6 is 0 Å². The van der Waals surface area contributed by atoms with Gasteiger partial charge in [0.1, 0.15) is 5.75 Å². The van der Waals surface area contributed by atoms with E-state index in [-0.39, 0.29) is 23.2 Å². The third-order valence-corrected chi connectivity index (χ3v) is 13.0. The summed E-state index contributed by atoms with van der Waals surface area (Å²) < 4.78 is 80.7. The first kappa shape index (κ1) is 39.2. The van der Waals surface area contributed by atoms with Gasteiger partial charge in [0.15, 0.2) is 0 Å². The lowest BCUT2D eigenvalue weighted by Crippen LogP contribution is -2.47. The average Bonchev–Trinajstić information content (AvgIpc) is 3.32. The summed E-state index contributed by atoms with van der Waals surface area (Å²) >= 11 is 0. The van der Waals surface area contributed by atoms with E-state index in [1.807, 2.05) is 25.1 Å². The Morgan fingerprint density at radius 3 is 2.33 bits per heavy atom. The molecule has 0 aromatic heterocycles. The van der Waals surface area contributed by atoms with E-state index in [2.05, 4.69) is 19.1 Å². The van der Waals surface area contributed by atoms with Gasteiger partial charge in [-0.1, -0.05) is 51.5 Å². The Bertz CT molecular complexity index is 1230. The normalized spacial score (nSPS) is 27.8. The maximum atomic E-state index is 13.0. The van der Waals surface area contributed by atoms with Gasteiger partial charge in [0.05, 0.1) is 12.5 Å². The second kappa shape index (κ2) is 17.1. The molecule has 4 rings (SSSR count). The standard InChI is InChI=1S/C37H56F5NO4S/c1-35-20-17-30-29-14-13-28(47-33(45)18-21-43(2)3)25-27(29)24-26(34(30)31(35)15-16-32(35)44)12-9-7-5-4-6-8-10-22-48(46)23-11-19-36(38,39)37(40,41)42/h13-14,25-26,30-32,34,44H,4-12,15-24H2,1-3H3. The first-order chi connectivity index (χ1) is 22.6. The largest absolute Gasteiger partial charge is 0.453 e. The highest BCUT2D eigenvalue weighted by Crippen LogP contribution is 2.62. The van der Waals surface area contributed by atoms with E-state index >= 15 is 0 Å². The zero-order valence-corrected chi connectivity index (χ0v) is 29.8. The highest BCUT2D eigenvalue weighted by Gasteiger charge is 2.57. The second-order valence-corrected chi connectivity index (χ2v) is 16.9. The molecule has 7 atom stereocenters. The number of carbonyl (C=O) groups is 1. The summed E-state index contributed by atoms with van der Waals surface area (Å²) in [7, 11) is 2.50. The molecular formula is C37H56F5NO4S. The quantitative estimate of drug-likeness (QED) is 0.0716. The molecule has 3 aliphatic carbocycles. The minimum Gasteiger partial charge on any atom is -0.426 e. The van der Waals surface area contributed by atoms with E-state index in [1.165, 1.54) is 11.1 Å². The van der Waals surface area contributed by atoms with E-state index in [0.717, 1.165) is 77.0 Å². The number of hydrogen-bond acceptors (Lipinski definition) is 5. The number of carbonyl (C=O) groups excluding carboxylic acids is 1. The predicted molar refractivity (Wildman–Crippen MR) is 180 cm³/mol. The summed E-state index contributed by atoms with van der Waals surface area (Å²) in [4.78, 5) is 14.4. The first-order valence-corrected chi connectivity index (χ1v) is 19.6. The molecule has 0 bridgehead atoms. The zero-order chi connectivity index (χ0) is 35.1. The summed E-state index contributed by atoms with van der Waals surface area (Å²) in [5.74, 6) is -2.06. The van der Waals surface area contributed by atoms with Crippen molar-refractivity contribution in [2.45, 2.75) is 134 Å². The molecule has 0 radical (unpaired) electrons. The van der Waals surface area contributed by atoms with Crippen LogP contribution in [0.3, 0.4) is 0 Å². The van der Waals surface area contributed by atoms with Crippen molar-refractivity contribution >= 4 is 16.8 Å². The molecule has 2 fully saturated rings. The number of benzene rings is 1. The van der Waals surface area contributed by atoms with Crippen LogP contribution in [0.15, 0.2) is 18.2 Å². The van der Waals surface area contributed by atoms with Crippen LogP contribution < -0.4 is 4.74 Å². The van der Waals surface area contributed by atoms with Crippen LogP contribution in [0.1, 0.15) is 120 Å². The zero-order valence-electron chi connectivity index (χ0n) is 29.0. The molecule has 0 saturated heterocycles. The highest BCUT2D eigenvalue weighted by atomic mass is 32.2. The van der Waals surface area contributed by atoms with E-state index in [4.69, 9.17) is 4.74 Å². The number of aliphatic hydroxyl groups is 1. The van der Waals surface area contributed by atoms with Crippen LogP contribution in [0.2, 0.25) is 0 Å². The molecule has 1 aromatic rings. The van der Waals surface area contributed by atoms with Gasteiger partial charge in [-0.3, -0.25) is 9.00 Å². The van der Waals surface area contributed by atoms with Crippen molar-refractivity contribution in [2.75, 3.05) is 32.1 Å². The molecule has 0 amide bonds. The Morgan fingerprint density at radius 1 is 0.979 bits per heavy atom. The second-order valence-electron chi connectivity index (χ2n) is 15.2. The van der Waals surface area contributed by atoms with E-state index in [1.54, 1.807) is 0 Å². The maximum absolute atomic E-state index is 13.0. The summed E-state index contributed by atoms with van der Waals surface area (Å²) in [5, 5.41) is 11.0. The van der Waals surface area contributed by atoms with Gasteiger partial charge in [0, 0.05) is 35.3 Å². The smallest absolute Gasteiger partial charge is 0.426 e. The van der Waals surface area contributed by atoms with Gasteiger partial charge in [-0.25, -0.2) is 0 Å². The van der Waals surface area contributed by atoms with Gasteiger partial charge in [0.25, 0.3) is 0 Å².